The molecule has 2 amide bonds. The first kappa shape index (κ1) is 20.1. The molecule has 0 unspecified atom stereocenters. The molecule has 0 N–H and O–H groups in total. The highest BCUT2D eigenvalue weighted by atomic mass is 32.1. The van der Waals surface area contributed by atoms with Crippen molar-refractivity contribution in [3.63, 3.8) is 0 Å². The lowest BCUT2D eigenvalue weighted by Gasteiger charge is -2.38. The number of amides is 2. The molecular formula is C23H29N3O2S. The van der Waals surface area contributed by atoms with Crippen molar-refractivity contribution in [3.05, 3.63) is 52.7 Å². The van der Waals surface area contributed by atoms with Gasteiger partial charge in [-0.1, -0.05) is 43.5 Å². The SMILES string of the molecule is O=C(c1cccs1)N1CCN(CC(=O)N(c2ccccc2)C2CCCCC2)CC1. The van der Waals surface area contributed by atoms with E-state index < -0.39 is 0 Å². The average molecular weight is 412 g/mol. The van der Waals surface area contributed by atoms with Gasteiger partial charge in [0.15, 0.2) is 0 Å². The first-order valence-corrected chi connectivity index (χ1v) is 11.5. The Hall–Kier alpha value is -2.18. The summed E-state index contributed by atoms with van der Waals surface area (Å²) in [6.45, 7) is 3.27. The summed E-state index contributed by atoms with van der Waals surface area (Å²) < 4.78 is 0. The van der Waals surface area contributed by atoms with Gasteiger partial charge in [-0.15, -0.1) is 11.3 Å². The molecule has 1 aliphatic heterocycles. The minimum absolute atomic E-state index is 0.110. The predicted octanol–water partition coefficient (Wildman–Crippen LogP) is 3.87. The van der Waals surface area contributed by atoms with E-state index in [-0.39, 0.29) is 11.8 Å². The van der Waals surface area contributed by atoms with Crippen LogP contribution in [0.4, 0.5) is 5.69 Å². The van der Waals surface area contributed by atoms with E-state index in [0.29, 0.717) is 25.7 Å². The number of hydrogen-bond acceptors (Lipinski definition) is 4. The van der Waals surface area contributed by atoms with Gasteiger partial charge in [-0.2, -0.15) is 0 Å². The summed E-state index contributed by atoms with van der Waals surface area (Å²) in [6, 6.07) is 14.2. The third-order valence-electron chi connectivity index (χ3n) is 5.99. The van der Waals surface area contributed by atoms with Gasteiger partial charge in [-0.25, -0.2) is 0 Å². The Balaban J connectivity index is 1.37. The van der Waals surface area contributed by atoms with Crippen LogP contribution in [0.5, 0.6) is 0 Å². The second kappa shape index (κ2) is 9.55. The molecule has 1 aromatic heterocycles. The number of thiophene rings is 1. The molecule has 1 aromatic carbocycles. The Morgan fingerprint density at radius 2 is 1.66 bits per heavy atom. The number of hydrogen-bond donors (Lipinski definition) is 0. The van der Waals surface area contributed by atoms with Crippen molar-refractivity contribution >= 4 is 28.8 Å². The van der Waals surface area contributed by atoms with Crippen molar-refractivity contribution in [1.82, 2.24) is 9.80 Å². The van der Waals surface area contributed by atoms with Crippen LogP contribution in [0, 0.1) is 0 Å². The fourth-order valence-corrected chi connectivity index (χ4v) is 5.11. The van der Waals surface area contributed by atoms with Gasteiger partial charge in [-0.05, 0) is 36.4 Å². The minimum atomic E-state index is 0.110. The predicted molar refractivity (Wildman–Crippen MR) is 117 cm³/mol. The largest absolute Gasteiger partial charge is 0.335 e. The molecule has 4 rings (SSSR count). The Bertz CT molecular complexity index is 795. The molecule has 2 aromatic rings. The van der Waals surface area contributed by atoms with Gasteiger partial charge in [0, 0.05) is 37.9 Å². The third-order valence-corrected chi connectivity index (χ3v) is 6.85. The molecular weight excluding hydrogens is 382 g/mol. The van der Waals surface area contributed by atoms with Gasteiger partial charge in [0.2, 0.25) is 5.91 Å². The van der Waals surface area contributed by atoms with Gasteiger partial charge in [-0.3, -0.25) is 14.5 Å². The molecule has 1 aliphatic carbocycles. The van der Waals surface area contributed by atoms with Crippen molar-refractivity contribution in [2.75, 3.05) is 37.6 Å². The second-order valence-electron chi connectivity index (χ2n) is 7.94. The van der Waals surface area contributed by atoms with Crippen LogP contribution in [-0.2, 0) is 4.79 Å². The standard InChI is InChI=1S/C23H29N3O2S/c27-22(26(19-8-3-1-4-9-19)20-10-5-2-6-11-20)18-24-13-15-25(16-14-24)23(28)21-12-7-17-29-21/h1,3-4,7-9,12,17,20H,2,5-6,10-11,13-16,18H2. The summed E-state index contributed by atoms with van der Waals surface area (Å²) in [5.41, 5.74) is 1.01. The van der Waals surface area contributed by atoms with E-state index in [1.54, 1.807) is 0 Å². The van der Waals surface area contributed by atoms with E-state index in [4.69, 9.17) is 0 Å². The zero-order valence-electron chi connectivity index (χ0n) is 16.8. The lowest BCUT2D eigenvalue weighted by Crippen LogP contribution is -2.53. The van der Waals surface area contributed by atoms with Gasteiger partial charge in [0.1, 0.15) is 0 Å². The van der Waals surface area contributed by atoms with Crippen LogP contribution >= 0.6 is 11.3 Å². The highest BCUT2D eigenvalue weighted by Gasteiger charge is 2.29. The molecule has 0 bridgehead atoms. The van der Waals surface area contributed by atoms with Crippen LogP contribution in [0.25, 0.3) is 0 Å². The molecule has 2 aliphatic rings. The Kier molecular flexibility index (Phi) is 6.62. The van der Waals surface area contributed by atoms with Crippen molar-refractivity contribution in [1.29, 1.82) is 0 Å². The first-order chi connectivity index (χ1) is 14.2. The van der Waals surface area contributed by atoms with Gasteiger partial charge < -0.3 is 9.80 Å². The van der Waals surface area contributed by atoms with E-state index in [1.165, 1.54) is 30.6 Å². The second-order valence-corrected chi connectivity index (χ2v) is 8.88. The summed E-state index contributed by atoms with van der Waals surface area (Å²) in [5, 5.41) is 1.94. The van der Waals surface area contributed by atoms with Crippen LogP contribution in [0.15, 0.2) is 47.8 Å². The van der Waals surface area contributed by atoms with Crippen LogP contribution < -0.4 is 4.90 Å². The van der Waals surface area contributed by atoms with E-state index in [0.717, 1.165) is 36.5 Å². The van der Waals surface area contributed by atoms with Gasteiger partial charge >= 0.3 is 0 Å². The molecule has 0 radical (unpaired) electrons. The Morgan fingerprint density at radius 1 is 0.931 bits per heavy atom. The van der Waals surface area contributed by atoms with Crippen LogP contribution in [0.1, 0.15) is 41.8 Å². The average Bonchev–Trinajstić information content (AvgIpc) is 3.30. The van der Waals surface area contributed by atoms with E-state index in [2.05, 4.69) is 4.90 Å². The maximum absolute atomic E-state index is 13.3. The summed E-state index contributed by atoms with van der Waals surface area (Å²) >= 11 is 1.49. The third kappa shape index (κ3) is 4.87. The number of carbonyl (C=O) groups is 2. The van der Waals surface area contributed by atoms with Crippen molar-refractivity contribution in [2.24, 2.45) is 0 Å². The maximum atomic E-state index is 13.3. The van der Waals surface area contributed by atoms with Gasteiger partial charge in [0.05, 0.1) is 11.4 Å². The number of carbonyl (C=O) groups excluding carboxylic acids is 2. The van der Waals surface area contributed by atoms with E-state index in [1.807, 2.05) is 57.6 Å². The summed E-state index contributed by atoms with van der Waals surface area (Å²) in [4.78, 5) is 32.8. The van der Waals surface area contributed by atoms with Gasteiger partial charge in [0.25, 0.3) is 5.91 Å². The van der Waals surface area contributed by atoms with Crippen LogP contribution in [-0.4, -0.2) is 60.4 Å². The summed E-state index contributed by atoms with van der Waals surface area (Å²) in [7, 11) is 0. The molecule has 0 atom stereocenters. The first-order valence-electron chi connectivity index (χ1n) is 10.6. The highest BCUT2D eigenvalue weighted by Crippen LogP contribution is 2.27. The quantitative estimate of drug-likeness (QED) is 0.750. The molecule has 6 heteroatoms. The molecule has 2 heterocycles. The number of para-hydroxylation sites is 1. The lowest BCUT2D eigenvalue weighted by molar-refractivity contribution is -0.120. The Morgan fingerprint density at radius 3 is 2.31 bits per heavy atom. The molecule has 0 spiro atoms. The van der Waals surface area contributed by atoms with Crippen molar-refractivity contribution < 1.29 is 9.59 Å². The Labute approximate surface area is 176 Å². The molecule has 1 saturated heterocycles. The summed E-state index contributed by atoms with van der Waals surface area (Å²) in [6.07, 6.45) is 5.84. The molecule has 2 fully saturated rings. The zero-order valence-corrected chi connectivity index (χ0v) is 17.7. The number of piperazine rings is 1. The fourth-order valence-electron chi connectivity index (χ4n) is 4.42. The van der Waals surface area contributed by atoms with Crippen molar-refractivity contribution in [2.45, 2.75) is 38.1 Å². The normalized spacial score (nSPS) is 18.6. The minimum Gasteiger partial charge on any atom is -0.335 e. The molecule has 1 saturated carbocycles. The maximum Gasteiger partial charge on any atom is 0.264 e. The smallest absolute Gasteiger partial charge is 0.264 e. The molecule has 5 nitrogen and oxygen atoms in total. The number of anilines is 1. The topological polar surface area (TPSA) is 43.9 Å². The number of nitrogens with zero attached hydrogens (tertiary/aromatic N) is 3. The molecule has 154 valence electrons. The monoisotopic (exact) mass is 411 g/mol. The molecule has 29 heavy (non-hydrogen) atoms. The summed E-state index contributed by atoms with van der Waals surface area (Å²) in [5.74, 6) is 0.292. The van der Waals surface area contributed by atoms with Crippen LogP contribution in [0.3, 0.4) is 0 Å². The fraction of sp³-hybridized carbons (Fsp3) is 0.478. The highest BCUT2D eigenvalue weighted by molar-refractivity contribution is 7.12. The zero-order chi connectivity index (χ0) is 20.1. The van der Waals surface area contributed by atoms with Crippen LogP contribution in [0.2, 0.25) is 0 Å². The van der Waals surface area contributed by atoms with Crippen molar-refractivity contribution in [3.8, 4) is 0 Å². The number of benzene rings is 1. The van der Waals surface area contributed by atoms with E-state index >= 15 is 0 Å². The number of rotatable bonds is 5. The lowest BCUT2D eigenvalue weighted by atomic mass is 9.93. The van der Waals surface area contributed by atoms with E-state index in [9.17, 15) is 9.59 Å².